The molecule has 3 rings (SSSR count). The molecule has 2 aromatic heterocycles. The molecule has 0 aliphatic rings. The van der Waals surface area contributed by atoms with Gasteiger partial charge in [0.15, 0.2) is 11.6 Å². The number of nitrogens with one attached hydrogen (secondary N) is 2. The molecule has 0 radical (unpaired) electrons. The van der Waals surface area contributed by atoms with E-state index < -0.39 is 23.3 Å². The molecule has 0 unspecified atom stereocenters. The van der Waals surface area contributed by atoms with Crippen LogP contribution in [0.2, 0.25) is 0 Å². The van der Waals surface area contributed by atoms with Crippen LogP contribution in [0.3, 0.4) is 0 Å². The smallest absolute Gasteiger partial charge is 0.232 e. The van der Waals surface area contributed by atoms with Gasteiger partial charge in [-0.15, -0.1) is 0 Å². The van der Waals surface area contributed by atoms with Gasteiger partial charge in [0.1, 0.15) is 17.3 Å². The summed E-state index contributed by atoms with van der Waals surface area (Å²) in [5, 5.41) is 15.1. The number of hydrogen-bond acceptors (Lipinski definition) is 7. The number of hydrogen-bond donors (Lipinski definition) is 3. The number of anilines is 3. The molecule has 0 saturated carbocycles. The van der Waals surface area contributed by atoms with Crippen LogP contribution in [0.5, 0.6) is 5.88 Å². The quantitative estimate of drug-likeness (QED) is 0.626. The Morgan fingerprint density at radius 3 is 2.22 bits per heavy atom. The number of nitrogens with zero attached hydrogens (tertiary/aromatic N) is 4. The average molecular weight is 376 g/mol. The van der Waals surface area contributed by atoms with E-state index in [4.69, 9.17) is 0 Å². The van der Waals surface area contributed by atoms with E-state index in [0.717, 1.165) is 30.3 Å². The van der Waals surface area contributed by atoms with Gasteiger partial charge in [0, 0.05) is 23.9 Å². The van der Waals surface area contributed by atoms with Gasteiger partial charge >= 0.3 is 0 Å². The summed E-state index contributed by atoms with van der Waals surface area (Å²) in [5.74, 6) is -2.89. The first-order valence-corrected chi connectivity index (χ1v) is 7.92. The van der Waals surface area contributed by atoms with Crippen LogP contribution in [-0.4, -0.2) is 31.1 Å². The van der Waals surface area contributed by atoms with Gasteiger partial charge in [-0.25, -0.2) is 18.2 Å². The second-order valence-electron chi connectivity index (χ2n) is 5.89. The van der Waals surface area contributed by atoms with E-state index in [1.807, 2.05) is 13.8 Å². The van der Waals surface area contributed by atoms with E-state index in [-0.39, 0.29) is 35.1 Å². The van der Waals surface area contributed by atoms with Crippen molar-refractivity contribution in [2.45, 2.75) is 19.9 Å². The van der Waals surface area contributed by atoms with Crippen molar-refractivity contribution >= 4 is 17.6 Å². The van der Waals surface area contributed by atoms with Crippen molar-refractivity contribution in [3.05, 3.63) is 47.8 Å². The minimum absolute atomic E-state index is 0.0540. The Balaban J connectivity index is 2.06. The van der Waals surface area contributed by atoms with E-state index in [1.54, 1.807) is 0 Å². The largest absolute Gasteiger partial charge is 0.493 e. The number of halogens is 3. The number of aromatic nitrogens is 4. The normalized spacial score (nSPS) is 10.9. The molecule has 140 valence electrons. The van der Waals surface area contributed by atoms with Gasteiger partial charge in [0.2, 0.25) is 17.8 Å². The number of benzene rings is 1. The van der Waals surface area contributed by atoms with Gasteiger partial charge in [0.05, 0.1) is 0 Å². The molecule has 2 heterocycles. The molecule has 3 N–H and O–H groups in total. The molecule has 7 nitrogen and oxygen atoms in total. The first kappa shape index (κ1) is 18.4. The second-order valence-corrected chi connectivity index (χ2v) is 5.89. The third-order valence-corrected chi connectivity index (χ3v) is 3.21. The first-order valence-electron chi connectivity index (χ1n) is 7.92. The molecule has 0 fully saturated rings. The molecule has 0 atom stereocenters. The molecule has 0 saturated heterocycles. The fraction of sp³-hybridized carbons (Fsp3) is 0.176. The monoisotopic (exact) mass is 376 g/mol. The van der Waals surface area contributed by atoms with Gasteiger partial charge in [-0.1, -0.05) is 0 Å². The van der Waals surface area contributed by atoms with Gasteiger partial charge in [-0.3, -0.25) is 0 Å². The summed E-state index contributed by atoms with van der Waals surface area (Å²) in [6, 6.07) is 4.88. The summed E-state index contributed by atoms with van der Waals surface area (Å²) in [6.07, 6.45) is 0. The van der Waals surface area contributed by atoms with Crippen molar-refractivity contribution in [2.24, 2.45) is 0 Å². The number of rotatable bonds is 5. The van der Waals surface area contributed by atoms with Crippen LogP contribution < -0.4 is 10.6 Å². The van der Waals surface area contributed by atoms with E-state index >= 15 is 0 Å². The van der Waals surface area contributed by atoms with Crippen molar-refractivity contribution in [1.29, 1.82) is 0 Å². The third kappa shape index (κ3) is 4.60. The second kappa shape index (κ2) is 7.44. The predicted octanol–water partition coefficient (Wildman–Crippen LogP) is 3.62. The minimum Gasteiger partial charge on any atom is -0.493 e. The van der Waals surface area contributed by atoms with Crippen molar-refractivity contribution in [1.82, 2.24) is 19.9 Å². The molecule has 0 bridgehead atoms. The molecule has 10 heteroatoms. The third-order valence-electron chi connectivity index (χ3n) is 3.21. The number of aromatic hydroxyl groups is 1. The van der Waals surface area contributed by atoms with Gasteiger partial charge in [-0.2, -0.15) is 15.0 Å². The van der Waals surface area contributed by atoms with Crippen molar-refractivity contribution < 1.29 is 18.3 Å². The van der Waals surface area contributed by atoms with E-state index in [9.17, 15) is 18.3 Å². The van der Waals surface area contributed by atoms with Crippen LogP contribution in [0.4, 0.5) is 30.8 Å². The summed E-state index contributed by atoms with van der Waals surface area (Å²) >= 11 is 0. The maximum absolute atomic E-state index is 14.1. The van der Waals surface area contributed by atoms with Crippen LogP contribution in [-0.2, 0) is 0 Å². The van der Waals surface area contributed by atoms with Gasteiger partial charge in [0.25, 0.3) is 0 Å². The lowest BCUT2D eigenvalue weighted by molar-refractivity contribution is 0.450. The maximum atomic E-state index is 14.1. The molecule has 0 aliphatic heterocycles. The summed E-state index contributed by atoms with van der Waals surface area (Å²) < 4.78 is 40.9. The Hall–Kier alpha value is -3.43. The summed E-state index contributed by atoms with van der Waals surface area (Å²) in [7, 11) is 0. The summed E-state index contributed by atoms with van der Waals surface area (Å²) in [5.41, 5.74) is -0.234. The van der Waals surface area contributed by atoms with Crippen LogP contribution in [0.1, 0.15) is 13.8 Å². The highest BCUT2D eigenvalue weighted by Gasteiger charge is 2.16. The Morgan fingerprint density at radius 1 is 0.889 bits per heavy atom. The highest BCUT2D eigenvalue weighted by atomic mass is 19.1. The molecule has 0 spiro atoms. The highest BCUT2D eigenvalue weighted by Crippen LogP contribution is 2.23. The van der Waals surface area contributed by atoms with Crippen molar-refractivity contribution in [3.8, 4) is 17.4 Å². The van der Waals surface area contributed by atoms with Crippen molar-refractivity contribution in [2.75, 3.05) is 10.6 Å². The zero-order valence-corrected chi connectivity index (χ0v) is 14.3. The standard InChI is InChI=1S/C17H15F3N6O/c1-8(2)21-16-24-15(14-12(20)3-4-13(27)23-14)25-17(26-16)22-11-6-9(18)5-10(19)7-11/h3-8H,1-2H3,(H,23,27)(H2,21,22,24,25,26). The van der Waals surface area contributed by atoms with Crippen LogP contribution in [0, 0.1) is 17.5 Å². The summed E-state index contributed by atoms with van der Waals surface area (Å²) in [6.45, 7) is 3.68. The van der Waals surface area contributed by atoms with E-state index in [1.165, 1.54) is 0 Å². The minimum atomic E-state index is -0.784. The van der Waals surface area contributed by atoms with E-state index in [0.29, 0.717) is 0 Å². The predicted molar refractivity (Wildman–Crippen MR) is 93.1 cm³/mol. The zero-order chi connectivity index (χ0) is 19.6. The van der Waals surface area contributed by atoms with Gasteiger partial charge < -0.3 is 15.7 Å². The lowest BCUT2D eigenvalue weighted by Crippen LogP contribution is -2.15. The highest BCUT2D eigenvalue weighted by molar-refractivity contribution is 5.59. The molecular formula is C17H15F3N6O. The number of pyridine rings is 1. The topological polar surface area (TPSA) is 95.9 Å². The summed E-state index contributed by atoms with van der Waals surface area (Å²) in [4.78, 5) is 15.9. The van der Waals surface area contributed by atoms with Crippen LogP contribution in [0.25, 0.3) is 11.5 Å². The fourth-order valence-electron chi connectivity index (χ4n) is 2.20. The van der Waals surface area contributed by atoms with E-state index in [2.05, 4.69) is 30.6 Å². The lowest BCUT2D eigenvalue weighted by atomic mass is 10.3. The first-order chi connectivity index (χ1) is 12.8. The molecule has 1 aromatic carbocycles. The Kier molecular flexibility index (Phi) is 5.06. The Bertz CT molecular complexity index is 963. The molecule has 3 aromatic rings. The Labute approximate surface area is 152 Å². The molecule has 27 heavy (non-hydrogen) atoms. The lowest BCUT2D eigenvalue weighted by Gasteiger charge is -2.12. The molecule has 0 amide bonds. The zero-order valence-electron chi connectivity index (χ0n) is 14.3. The Morgan fingerprint density at radius 2 is 1.56 bits per heavy atom. The molecular weight excluding hydrogens is 361 g/mol. The van der Waals surface area contributed by atoms with Gasteiger partial charge in [-0.05, 0) is 32.0 Å². The average Bonchev–Trinajstić information content (AvgIpc) is 2.55. The fourth-order valence-corrected chi connectivity index (χ4v) is 2.20. The van der Waals surface area contributed by atoms with Crippen LogP contribution in [0.15, 0.2) is 30.3 Å². The molecule has 0 aliphatic carbocycles. The maximum Gasteiger partial charge on any atom is 0.232 e. The SMILES string of the molecule is CC(C)Nc1nc(Nc2cc(F)cc(F)c2)nc(-c2nc(O)ccc2F)n1. The van der Waals surface area contributed by atoms with Crippen molar-refractivity contribution in [3.63, 3.8) is 0 Å². The van der Waals surface area contributed by atoms with Crippen LogP contribution >= 0.6 is 0 Å².